The highest BCUT2D eigenvalue weighted by Crippen LogP contribution is 2.25. The molecule has 0 heterocycles. The Labute approximate surface area is 116 Å². The minimum Gasteiger partial charge on any atom is -0.463 e. The fourth-order valence-electron chi connectivity index (χ4n) is 1.83. The molecule has 110 valence electrons. The molecule has 0 atom stereocenters. The lowest BCUT2D eigenvalue weighted by molar-refractivity contribution is -0.379. The molecule has 0 saturated carbocycles. The molecule has 0 aromatic rings. The second-order valence-electron chi connectivity index (χ2n) is 4.80. The molecule has 0 aliphatic heterocycles. The Kier molecular flexibility index (Phi) is 9.36. The van der Waals surface area contributed by atoms with Gasteiger partial charge in [-0.15, -0.1) is 0 Å². The molecule has 0 rings (SSSR count). The van der Waals surface area contributed by atoms with Crippen LogP contribution in [0.15, 0.2) is 0 Å². The predicted octanol–water partition coefficient (Wildman–Crippen LogP) is 2.03. The predicted molar refractivity (Wildman–Crippen MR) is 80.2 cm³/mol. The Hall–Kier alpha value is 0.274. The van der Waals surface area contributed by atoms with Crippen LogP contribution in [0.5, 0.6) is 0 Å². The maximum absolute atomic E-state index is 5.70. The van der Waals surface area contributed by atoms with Gasteiger partial charge >= 0.3 is 0 Å². The summed E-state index contributed by atoms with van der Waals surface area (Å²) in [5, 5.41) is 0. The molecule has 0 aliphatic rings. The summed E-state index contributed by atoms with van der Waals surface area (Å²) >= 11 is 0. The van der Waals surface area contributed by atoms with E-state index in [9.17, 15) is 0 Å². The van der Waals surface area contributed by atoms with Crippen LogP contribution in [0.4, 0.5) is 0 Å². The molecule has 0 saturated heterocycles. The van der Waals surface area contributed by atoms with Gasteiger partial charge in [0.1, 0.15) is 10.5 Å². The molecule has 0 radical (unpaired) electrons. The van der Waals surface area contributed by atoms with Crippen molar-refractivity contribution < 1.29 is 18.3 Å². The van der Waals surface area contributed by atoms with E-state index in [-0.39, 0.29) is 0 Å². The van der Waals surface area contributed by atoms with Gasteiger partial charge < -0.3 is 18.3 Å². The van der Waals surface area contributed by atoms with E-state index in [1.807, 2.05) is 20.8 Å². The van der Waals surface area contributed by atoms with Crippen LogP contribution in [0.1, 0.15) is 33.6 Å². The third-order valence-electron chi connectivity index (χ3n) is 2.91. The quantitative estimate of drug-likeness (QED) is 0.432. The molecule has 0 aromatic carbocycles. The lowest BCUT2D eigenvalue weighted by Crippen LogP contribution is -2.40. The molecule has 0 amide bonds. The molecule has 18 heavy (non-hydrogen) atoms. The zero-order chi connectivity index (χ0) is 14.1. The van der Waals surface area contributed by atoms with Crippen molar-refractivity contribution in [2.24, 2.45) is 0 Å². The summed E-state index contributed by atoms with van der Waals surface area (Å²) in [7, 11) is -0.625. The first-order valence-corrected chi connectivity index (χ1v) is 10.9. The maximum atomic E-state index is 5.70. The van der Waals surface area contributed by atoms with E-state index in [0.29, 0.717) is 19.8 Å². The van der Waals surface area contributed by atoms with E-state index in [2.05, 4.69) is 13.1 Å². The summed E-state index contributed by atoms with van der Waals surface area (Å²) in [5.74, 6) is -0.853. The normalized spacial score (nSPS) is 13.2. The van der Waals surface area contributed by atoms with E-state index in [0.717, 1.165) is 29.4 Å². The van der Waals surface area contributed by atoms with Crippen molar-refractivity contribution in [3.63, 3.8) is 0 Å². The van der Waals surface area contributed by atoms with Crippen molar-refractivity contribution in [3.8, 4) is 0 Å². The van der Waals surface area contributed by atoms with Gasteiger partial charge in [-0.25, -0.2) is 0 Å². The van der Waals surface area contributed by atoms with Crippen LogP contribution in [0.3, 0.4) is 0 Å². The first-order chi connectivity index (χ1) is 8.45. The molecule has 0 aliphatic carbocycles. The summed E-state index contributed by atoms with van der Waals surface area (Å²) in [6, 6.07) is 1.12. The third-order valence-corrected chi connectivity index (χ3v) is 8.89. The standard InChI is InChI=1S/C12H30O4Si2/c1-6-13-12(14-7-2,15-8-3)10-9-11-18(4,5)16-17/h6-11H2,1-5,17H3. The maximum Gasteiger partial charge on any atom is 0.282 e. The van der Waals surface area contributed by atoms with Crippen LogP contribution in [-0.4, -0.2) is 44.6 Å². The van der Waals surface area contributed by atoms with Crippen molar-refractivity contribution >= 4 is 18.8 Å². The lowest BCUT2D eigenvalue weighted by atomic mass is 10.3. The van der Waals surface area contributed by atoms with Crippen LogP contribution < -0.4 is 0 Å². The highest BCUT2D eigenvalue weighted by molar-refractivity contribution is 6.73. The molecule has 0 unspecified atom stereocenters. The van der Waals surface area contributed by atoms with E-state index in [1.54, 1.807) is 0 Å². The smallest absolute Gasteiger partial charge is 0.282 e. The molecule has 0 fully saturated rings. The molecule has 0 spiro atoms. The molecule has 6 heteroatoms. The zero-order valence-electron chi connectivity index (χ0n) is 12.9. The minimum atomic E-state index is -1.45. The van der Waals surface area contributed by atoms with Gasteiger partial charge in [-0.2, -0.15) is 0 Å². The van der Waals surface area contributed by atoms with Crippen molar-refractivity contribution in [2.45, 2.75) is 58.7 Å². The minimum absolute atomic E-state index is 0.595. The largest absolute Gasteiger partial charge is 0.463 e. The van der Waals surface area contributed by atoms with Gasteiger partial charge in [0.25, 0.3) is 5.97 Å². The molecule has 0 N–H and O–H groups in total. The summed E-state index contributed by atoms with van der Waals surface area (Å²) < 4.78 is 22.8. The summed E-state index contributed by atoms with van der Waals surface area (Å²) in [6.45, 7) is 12.2. The van der Waals surface area contributed by atoms with Gasteiger partial charge in [0, 0.05) is 26.2 Å². The molecular weight excluding hydrogens is 264 g/mol. The van der Waals surface area contributed by atoms with Gasteiger partial charge in [-0.05, 0) is 46.3 Å². The van der Waals surface area contributed by atoms with E-state index < -0.39 is 14.3 Å². The number of hydrogen-bond acceptors (Lipinski definition) is 4. The van der Waals surface area contributed by atoms with E-state index in [4.69, 9.17) is 18.3 Å². The van der Waals surface area contributed by atoms with Crippen LogP contribution in [0, 0.1) is 0 Å². The van der Waals surface area contributed by atoms with Gasteiger partial charge in [0.05, 0.1) is 0 Å². The SMILES string of the molecule is CCOC(CCC[Si](C)(C)O[SiH3])(OCC)OCC. The Morgan fingerprint density at radius 1 is 0.944 bits per heavy atom. The molecule has 0 aromatic heterocycles. The van der Waals surface area contributed by atoms with Gasteiger partial charge in [-0.1, -0.05) is 0 Å². The Morgan fingerprint density at radius 3 is 1.72 bits per heavy atom. The van der Waals surface area contributed by atoms with Crippen LogP contribution in [-0.2, 0) is 18.3 Å². The van der Waals surface area contributed by atoms with Gasteiger partial charge in [-0.3, -0.25) is 0 Å². The van der Waals surface area contributed by atoms with Crippen LogP contribution in [0.25, 0.3) is 0 Å². The van der Waals surface area contributed by atoms with Crippen molar-refractivity contribution in [1.29, 1.82) is 0 Å². The fourth-order valence-corrected chi connectivity index (χ4v) is 3.68. The van der Waals surface area contributed by atoms with Crippen molar-refractivity contribution in [3.05, 3.63) is 0 Å². The monoisotopic (exact) mass is 294 g/mol. The Bertz CT molecular complexity index is 195. The average molecular weight is 295 g/mol. The van der Waals surface area contributed by atoms with E-state index >= 15 is 0 Å². The summed E-state index contributed by atoms with van der Waals surface area (Å²) in [4.78, 5) is 0. The first-order valence-electron chi connectivity index (χ1n) is 6.92. The number of rotatable bonds is 11. The van der Waals surface area contributed by atoms with Gasteiger partial charge in [0.2, 0.25) is 0 Å². The number of ether oxygens (including phenoxy) is 3. The second-order valence-corrected chi connectivity index (χ2v) is 10.5. The summed E-state index contributed by atoms with van der Waals surface area (Å²) in [6.07, 6.45) is 1.78. The zero-order valence-corrected chi connectivity index (χ0v) is 15.9. The van der Waals surface area contributed by atoms with Crippen LogP contribution >= 0.6 is 0 Å². The molecule has 0 bridgehead atoms. The Balaban J connectivity index is 4.38. The highest BCUT2D eigenvalue weighted by Gasteiger charge is 2.33. The average Bonchev–Trinajstić information content (AvgIpc) is 2.30. The van der Waals surface area contributed by atoms with Gasteiger partial charge in [0.15, 0.2) is 8.32 Å². The topological polar surface area (TPSA) is 36.9 Å². The fraction of sp³-hybridized carbons (Fsp3) is 1.00. The number of hydrogen-bond donors (Lipinski definition) is 0. The van der Waals surface area contributed by atoms with E-state index in [1.165, 1.54) is 0 Å². The highest BCUT2D eigenvalue weighted by atomic mass is 28.4. The third kappa shape index (κ3) is 7.01. The van der Waals surface area contributed by atoms with Crippen molar-refractivity contribution in [2.75, 3.05) is 19.8 Å². The lowest BCUT2D eigenvalue weighted by Gasteiger charge is -2.33. The summed E-state index contributed by atoms with van der Waals surface area (Å²) in [5.41, 5.74) is 0. The molecule has 4 nitrogen and oxygen atoms in total. The van der Waals surface area contributed by atoms with Crippen molar-refractivity contribution in [1.82, 2.24) is 0 Å². The molecular formula is C12H30O4Si2. The Morgan fingerprint density at radius 2 is 1.39 bits per heavy atom. The first kappa shape index (κ1) is 18.3. The van der Waals surface area contributed by atoms with Crippen LogP contribution in [0.2, 0.25) is 19.1 Å². The second kappa shape index (κ2) is 9.22.